The normalized spacial score (nSPS) is 11.3. The quantitative estimate of drug-likeness (QED) is 0.205. The van der Waals surface area contributed by atoms with Crippen LogP contribution in [-0.2, 0) is 0 Å². The number of hydrogen-bond acceptors (Lipinski definition) is 2. The zero-order valence-corrected chi connectivity index (χ0v) is 23.8. The standard InChI is InChI=1S/C40H27NS/c1-4-12-28(13-5-1)37-27-34(41(32-14-6-2-7-15-32)33-16-8-3-9-17-33)25-31-24-29(20-22-35(31)37)30-21-23-40-38(26-30)36-18-10-11-19-39(36)42-40/h1-27H. The second kappa shape index (κ2) is 10.3. The Labute approximate surface area is 249 Å². The van der Waals surface area contributed by atoms with Crippen LogP contribution in [-0.4, -0.2) is 0 Å². The van der Waals surface area contributed by atoms with Crippen LogP contribution in [0, 0.1) is 0 Å². The lowest BCUT2D eigenvalue weighted by Gasteiger charge is -2.27. The average Bonchev–Trinajstić information content (AvgIpc) is 3.44. The van der Waals surface area contributed by atoms with Crippen molar-refractivity contribution < 1.29 is 0 Å². The van der Waals surface area contributed by atoms with Crippen molar-refractivity contribution in [2.45, 2.75) is 0 Å². The molecule has 0 saturated heterocycles. The van der Waals surface area contributed by atoms with Gasteiger partial charge >= 0.3 is 0 Å². The highest BCUT2D eigenvalue weighted by atomic mass is 32.1. The zero-order chi connectivity index (χ0) is 27.9. The molecule has 0 fully saturated rings. The largest absolute Gasteiger partial charge is 0.310 e. The van der Waals surface area contributed by atoms with Gasteiger partial charge in [-0.2, -0.15) is 0 Å². The fourth-order valence-corrected chi connectivity index (χ4v) is 7.11. The van der Waals surface area contributed by atoms with Crippen molar-refractivity contribution in [1.29, 1.82) is 0 Å². The molecule has 0 aliphatic heterocycles. The van der Waals surface area contributed by atoms with Gasteiger partial charge in [-0.1, -0.05) is 103 Å². The molecule has 0 aliphatic carbocycles. The van der Waals surface area contributed by atoms with Crippen molar-refractivity contribution >= 4 is 59.3 Å². The highest BCUT2D eigenvalue weighted by molar-refractivity contribution is 7.25. The molecule has 0 aliphatic rings. The number of hydrogen-bond donors (Lipinski definition) is 0. The molecule has 0 unspecified atom stereocenters. The summed E-state index contributed by atoms with van der Waals surface area (Å²) in [7, 11) is 0. The minimum Gasteiger partial charge on any atom is -0.310 e. The first-order valence-corrected chi connectivity index (χ1v) is 15.1. The summed E-state index contributed by atoms with van der Waals surface area (Å²) in [6.07, 6.45) is 0. The number of para-hydroxylation sites is 2. The van der Waals surface area contributed by atoms with E-state index < -0.39 is 0 Å². The van der Waals surface area contributed by atoms with Gasteiger partial charge in [-0.15, -0.1) is 11.3 Å². The fourth-order valence-electron chi connectivity index (χ4n) is 6.03. The Bertz CT molecular complexity index is 2140. The van der Waals surface area contributed by atoms with E-state index in [0.29, 0.717) is 0 Å². The van der Waals surface area contributed by atoms with Gasteiger partial charge in [0.15, 0.2) is 0 Å². The molecule has 2 heteroatoms. The van der Waals surface area contributed by atoms with Crippen molar-refractivity contribution in [3.05, 3.63) is 164 Å². The first kappa shape index (κ1) is 24.6. The van der Waals surface area contributed by atoms with Crippen LogP contribution in [0.1, 0.15) is 0 Å². The molecule has 0 radical (unpaired) electrons. The SMILES string of the molecule is c1ccc(-c2cc(N(c3ccccc3)c3ccccc3)cc3cc(-c4ccc5sc6ccccc6c5c4)ccc23)cc1. The molecular weight excluding hydrogens is 527 g/mol. The Hall–Kier alpha value is -5.18. The van der Waals surface area contributed by atoms with Gasteiger partial charge in [0.1, 0.15) is 0 Å². The summed E-state index contributed by atoms with van der Waals surface area (Å²) in [6.45, 7) is 0. The van der Waals surface area contributed by atoms with Crippen LogP contribution >= 0.6 is 11.3 Å². The summed E-state index contributed by atoms with van der Waals surface area (Å²) >= 11 is 1.86. The molecule has 1 heterocycles. The van der Waals surface area contributed by atoms with Crippen molar-refractivity contribution in [3.63, 3.8) is 0 Å². The Kier molecular flexibility index (Phi) is 6.05. The van der Waals surface area contributed by atoms with Crippen LogP contribution in [0.5, 0.6) is 0 Å². The van der Waals surface area contributed by atoms with E-state index in [4.69, 9.17) is 0 Å². The molecule has 0 saturated carbocycles. The number of anilines is 3. The van der Waals surface area contributed by atoms with Gasteiger partial charge in [-0.3, -0.25) is 0 Å². The molecule has 0 bridgehead atoms. The summed E-state index contributed by atoms with van der Waals surface area (Å²) < 4.78 is 2.66. The lowest BCUT2D eigenvalue weighted by molar-refractivity contribution is 1.29. The van der Waals surface area contributed by atoms with E-state index in [-0.39, 0.29) is 0 Å². The summed E-state index contributed by atoms with van der Waals surface area (Å²) in [6, 6.07) is 59.2. The smallest absolute Gasteiger partial charge is 0.0474 e. The van der Waals surface area contributed by atoms with Crippen molar-refractivity contribution in [3.8, 4) is 22.3 Å². The van der Waals surface area contributed by atoms with Gasteiger partial charge in [-0.05, 0) is 93.7 Å². The molecule has 198 valence electrons. The van der Waals surface area contributed by atoms with Gasteiger partial charge < -0.3 is 4.90 Å². The van der Waals surface area contributed by atoms with E-state index in [1.165, 1.54) is 53.2 Å². The third-order valence-corrected chi connectivity index (χ3v) is 9.17. The molecule has 0 amide bonds. The van der Waals surface area contributed by atoms with Gasteiger partial charge in [-0.25, -0.2) is 0 Å². The molecule has 0 N–H and O–H groups in total. The second-order valence-corrected chi connectivity index (χ2v) is 11.7. The molecule has 0 atom stereocenters. The van der Waals surface area contributed by atoms with Crippen molar-refractivity contribution in [2.75, 3.05) is 4.90 Å². The lowest BCUT2D eigenvalue weighted by atomic mass is 9.93. The maximum absolute atomic E-state index is 2.36. The molecule has 1 aromatic heterocycles. The average molecular weight is 554 g/mol. The molecule has 7 aromatic carbocycles. The molecular formula is C40H27NS. The number of fused-ring (bicyclic) bond motifs is 4. The Morgan fingerprint density at radius 2 is 0.952 bits per heavy atom. The highest BCUT2D eigenvalue weighted by Crippen LogP contribution is 2.42. The number of thiophene rings is 1. The van der Waals surface area contributed by atoms with E-state index in [9.17, 15) is 0 Å². The van der Waals surface area contributed by atoms with Gasteiger partial charge in [0.2, 0.25) is 0 Å². The zero-order valence-electron chi connectivity index (χ0n) is 22.9. The van der Waals surface area contributed by atoms with Crippen LogP contribution in [0.4, 0.5) is 17.1 Å². The molecule has 1 nitrogen and oxygen atoms in total. The van der Waals surface area contributed by atoms with E-state index in [1.54, 1.807) is 0 Å². The lowest BCUT2D eigenvalue weighted by Crippen LogP contribution is -2.10. The van der Waals surface area contributed by atoms with Crippen molar-refractivity contribution in [1.82, 2.24) is 0 Å². The Morgan fingerprint density at radius 1 is 0.357 bits per heavy atom. The molecule has 8 aromatic rings. The van der Waals surface area contributed by atoms with E-state index in [2.05, 4.69) is 169 Å². The first-order chi connectivity index (χ1) is 20.8. The van der Waals surface area contributed by atoms with Gasteiger partial charge in [0.25, 0.3) is 0 Å². The Morgan fingerprint density at radius 3 is 1.69 bits per heavy atom. The topological polar surface area (TPSA) is 3.24 Å². The molecule has 42 heavy (non-hydrogen) atoms. The molecule has 0 spiro atoms. The number of rotatable bonds is 5. The van der Waals surface area contributed by atoms with E-state index >= 15 is 0 Å². The maximum Gasteiger partial charge on any atom is 0.0474 e. The third-order valence-electron chi connectivity index (χ3n) is 8.02. The first-order valence-electron chi connectivity index (χ1n) is 14.3. The van der Waals surface area contributed by atoms with Crippen LogP contribution in [0.2, 0.25) is 0 Å². The van der Waals surface area contributed by atoms with Crippen LogP contribution in [0.25, 0.3) is 53.2 Å². The number of benzene rings is 7. The van der Waals surface area contributed by atoms with E-state index in [0.717, 1.165) is 17.1 Å². The molecule has 8 rings (SSSR count). The predicted molar refractivity (Wildman–Crippen MR) is 182 cm³/mol. The second-order valence-electron chi connectivity index (χ2n) is 10.6. The van der Waals surface area contributed by atoms with E-state index in [1.807, 2.05) is 11.3 Å². The predicted octanol–water partition coefficient (Wildman–Crippen LogP) is 12.0. The maximum atomic E-state index is 2.36. The fraction of sp³-hybridized carbons (Fsp3) is 0. The third kappa shape index (κ3) is 4.34. The summed E-state index contributed by atoms with van der Waals surface area (Å²) in [4.78, 5) is 2.35. The minimum atomic E-state index is 1.13. The summed E-state index contributed by atoms with van der Waals surface area (Å²) in [5.74, 6) is 0. The highest BCUT2D eigenvalue weighted by Gasteiger charge is 2.16. The Balaban J connectivity index is 1.35. The van der Waals surface area contributed by atoms with Gasteiger partial charge in [0, 0.05) is 37.2 Å². The summed E-state index contributed by atoms with van der Waals surface area (Å²) in [5.41, 5.74) is 8.30. The van der Waals surface area contributed by atoms with Gasteiger partial charge in [0.05, 0.1) is 0 Å². The summed E-state index contributed by atoms with van der Waals surface area (Å²) in [5, 5.41) is 5.12. The van der Waals surface area contributed by atoms with Crippen LogP contribution < -0.4 is 4.90 Å². The minimum absolute atomic E-state index is 1.13. The van der Waals surface area contributed by atoms with Crippen molar-refractivity contribution in [2.24, 2.45) is 0 Å². The van der Waals surface area contributed by atoms with Crippen LogP contribution in [0.15, 0.2) is 164 Å². The monoisotopic (exact) mass is 553 g/mol. The number of nitrogens with zero attached hydrogens (tertiary/aromatic N) is 1. The van der Waals surface area contributed by atoms with Crippen LogP contribution in [0.3, 0.4) is 0 Å².